The van der Waals surface area contributed by atoms with Crippen molar-refractivity contribution in [3.8, 4) is 0 Å². The summed E-state index contributed by atoms with van der Waals surface area (Å²) in [6.07, 6.45) is 2.40. The van der Waals surface area contributed by atoms with Gasteiger partial charge in [-0.3, -0.25) is 14.4 Å². The lowest BCUT2D eigenvalue weighted by atomic mass is 10.1. The fourth-order valence-electron chi connectivity index (χ4n) is 2.91. The molecule has 2 N–H and O–H groups in total. The minimum atomic E-state index is -3.83. The molecule has 1 saturated carbocycles. The molecule has 8 heteroatoms. The van der Waals surface area contributed by atoms with Gasteiger partial charge in [0.15, 0.2) is 0 Å². The minimum Gasteiger partial charge on any atom is -0.350 e. The van der Waals surface area contributed by atoms with Crippen LogP contribution in [0.2, 0.25) is 5.02 Å². The maximum atomic E-state index is 12.7. The summed E-state index contributed by atoms with van der Waals surface area (Å²) in [4.78, 5) is 15.0. The van der Waals surface area contributed by atoms with Crippen molar-refractivity contribution in [2.75, 3.05) is 18.3 Å². The molecule has 0 radical (unpaired) electrons. The molecular formula is C20H24ClN3O3S. The lowest BCUT2D eigenvalue weighted by Crippen LogP contribution is -2.41. The number of hydrogen-bond acceptors (Lipinski definition) is 4. The molecule has 0 spiro atoms. The third kappa shape index (κ3) is 5.04. The molecule has 2 aromatic carbocycles. The smallest absolute Gasteiger partial charge is 0.261 e. The number of rotatable bonds is 8. The highest BCUT2D eigenvalue weighted by Gasteiger charge is 2.29. The predicted molar refractivity (Wildman–Crippen MR) is 111 cm³/mol. The monoisotopic (exact) mass is 421 g/mol. The van der Waals surface area contributed by atoms with Gasteiger partial charge in [-0.2, -0.15) is 0 Å². The van der Waals surface area contributed by atoms with E-state index in [0.717, 1.165) is 0 Å². The number of amides is 1. The molecule has 150 valence electrons. The SMILES string of the molecule is CC(CNC(=O)c1ccccc1NS(=O)(=O)c1ccc(Cl)cc1)N(C)C1CC1. The lowest BCUT2D eigenvalue weighted by molar-refractivity contribution is 0.0940. The maximum absolute atomic E-state index is 12.7. The van der Waals surface area contributed by atoms with Crippen LogP contribution >= 0.6 is 11.6 Å². The van der Waals surface area contributed by atoms with E-state index in [4.69, 9.17) is 11.6 Å². The quantitative estimate of drug-likeness (QED) is 0.685. The van der Waals surface area contributed by atoms with E-state index in [2.05, 4.69) is 28.9 Å². The zero-order valence-corrected chi connectivity index (χ0v) is 17.4. The molecule has 0 heterocycles. The van der Waals surface area contributed by atoms with Crippen molar-refractivity contribution in [1.82, 2.24) is 10.2 Å². The summed E-state index contributed by atoms with van der Waals surface area (Å²) in [6, 6.07) is 13.2. The Bertz CT molecular complexity index is 943. The average molecular weight is 422 g/mol. The molecule has 1 amide bonds. The largest absolute Gasteiger partial charge is 0.350 e. The van der Waals surface area contributed by atoms with Gasteiger partial charge in [-0.1, -0.05) is 23.7 Å². The van der Waals surface area contributed by atoms with Crippen molar-refractivity contribution < 1.29 is 13.2 Å². The van der Waals surface area contributed by atoms with E-state index in [-0.39, 0.29) is 28.1 Å². The zero-order chi connectivity index (χ0) is 20.3. The number of sulfonamides is 1. The second kappa shape index (κ2) is 8.51. The molecule has 1 unspecified atom stereocenters. The number of para-hydroxylation sites is 1. The highest BCUT2D eigenvalue weighted by atomic mass is 35.5. The summed E-state index contributed by atoms with van der Waals surface area (Å²) < 4.78 is 27.8. The van der Waals surface area contributed by atoms with Crippen LogP contribution in [0.1, 0.15) is 30.1 Å². The summed E-state index contributed by atoms with van der Waals surface area (Å²) in [5, 5.41) is 3.35. The Kier molecular flexibility index (Phi) is 6.27. The molecule has 28 heavy (non-hydrogen) atoms. The lowest BCUT2D eigenvalue weighted by Gasteiger charge is -2.24. The Balaban J connectivity index is 1.71. The van der Waals surface area contributed by atoms with Crippen LogP contribution < -0.4 is 10.0 Å². The summed E-state index contributed by atoms with van der Waals surface area (Å²) in [5.41, 5.74) is 0.513. The molecule has 0 aliphatic heterocycles. The van der Waals surface area contributed by atoms with Gasteiger partial charge >= 0.3 is 0 Å². The van der Waals surface area contributed by atoms with Crippen molar-refractivity contribution in [1.29, 1.82) is 0 Å². The molecule has 1 fully saturated rings. The van der Waals surface area contributed by atoms with Gasteiger partial charge in [0.2, 0.25) is 0 Å². The first-order chi connectivity index (χ1) is 13.3. The normalized spacial score (nSPS) is 15.3. The van der Waals surface area contributed by atoms with Crippen LogP contribution in [-0.2, 0) is 10.0 Å². The second-order valence-electron chi connectivity index (χ2n) is 7.06. The Morgan fingerprint density at radius 3 is 2.46 bits per heavy atom. The average Bonchev–Trinajstić information content (AvgIpc) is 3.51. The van der Waals surface area contributed by atoms with Crippen LogP contribution in [0.4, 0.5) is 5.69 Å². The van der Waals surface area contributed by atoms with E-state index in [1.165, 1.54) is 37.1 Å². The summed E-state index contributed by atoms with van der Waals surface area (Å²) in [6.45, 7) is 2.55. The van der Waals surface area contributed by atoms with E-state index in [1.54, 1.807) is 24.3 Å². The number of carbonyl (C=O) groups is 1. The second-order valence-corrected chi connectivity index (χ2v) is 9.18. The number of benzene rings is 2. The predicted octanol–water partition coefficient (Wildman–Crippen LogP) is 3.35. The third-order valence-electron chi connectivity index (χ3n) is 4.92. The molecule has 6 nitrogen and oxygen atoms in total. The van der Waals surface area contributed by atoms with E-state index in [9.17, 15) is 13.2 Å². The molecule has 0 bridgehead atoms. The number of nitrogens with one attached hydrogen (secondary N) is 2. The number of hydrogen-bond donors (Lipinski definition) is 2. The number of halogens is 1. The third-order valence-corrected chi connectivity index (χ3v) is 6.55. The Labute approximate surface area is 170 Å². The number of nitrogens with zero attached hydrogens (tertiary/aromatic N) is 1. The van der Waals surface area contributed by atoms with Crippen LogP contribution in [0, 0.1) is 0 Å². The van der Waals surface area contributed by atoms with Crippen molar-refractivity contribution in [3.63, 3.8) is 0 Å². The van der Waals surface area contributed by atoms with Gasteiger partial charge in [-0.25, -0.2) is 8.42 Å². The van der Waals surface area contributed by atoms with E-state index >= 15 is 0 Å². The first-order valence-electron chi connectivity index (χ1n) is 9.15. The van der Waals surface area contributed by atoms with E-state index in [1.807, 2.05) is 0 Å². The first kappa shape index (κ1) is 20.6. The Morgan fingerprint density at radius 1 is 1.18 bits per heavy atom. The van der Waals surface area contributed by atoms with Crippen molar-refractivity contribution in [3.05, 3.63) is 59.1 Å². The molecule has 0 saturated heterocycles. The Hall–Kier alpha value is -2.09. The van der Waals surface area contributed by atoms with Crippen LogP contribution in [0.25, 0.3) is 0 Å². The van der Waals surface area contributed by atoms with Crippen molar-refractivity contribution >= 4 is 33.2 Å². The topological polar surface area (TPSA) is 78.5 Å². The van der Waals surface area contributed by atoms with Crippen LogP contribution in [0.15, 0.2) is 53.4 Å². The molecule has 3 rings (SSSR count). The fraction of sp³-hybridized carbons (Fsp3) is 0.350. The van der Waals surface area contributed by atoms with Crippen LogP contribution in [-0.4, -0.2) is 44.9 Å². The zero-order valence-electron chi connectivity index (χ0n) is 15.9. The number of carbonyl (C=O) groups excluding carboxylic acids is 1. The maximum Gasteiger partial charge on any atom is 0.261 e. The van der Waals surface area contributed by atoms with Crippen LogP contribution in [0.5, 0.6) is 0 Å². The highest BCUT2D eigenvalue weighted by molar-refractivity contribution is 7.92. The summed E-state index contributed by atoms with van der Waals surface area (Å²) in [5.74, 6) is -0.314. The Morgan fingerprint density at radius 2 is 1.82 bits per heavy atom. The number of likely N-dealkylation sites (N-methyl/N-ethyl adjacent to an activating group) is 1. The molecule has 2 aromatic rings. The van der Waals surface area contributed by atoms with Gasteiger partial charge in [0.1, 0.15) is 0 Å². The standard InChI is InChI=1S/C20H24ClN3O3S/c1-14(24(2)16-9-10-16)13-22-20(25)18-5-3-4-6-19(18)23-28(26,27)17-11-7-15(21)8-12-17/h3-8,11-12,14,16,23H,9-10,13H2,1-2H3,(H,22,25). The summed E-state index contributed by atoms with van der Waals surface area (Å²) >= 11 is 5.82. The summed E-state index contributed by atoms with van der Waals surface area (Å²) in [7, 11) is -1.77. The fourth-order valence-corrected chi connectivity index (χ4v) is 4.11. The van der Waals surface area contributed by atoms with Crippen LogP contribution in [0.3, 0.4) is 0 Å². The molecule has 1 aliphatic carbocycles. The minimum absolute atomic E-state index is 0.0757. The van der Waals surface area contributed by atoms with Crippen molar-refractivity contribution in [2.45, 2.75) is 36.7 Å². The van der Waals surface area contributed by atoms with Gasteiger partial charge in [0, 0.05) is 23.7 Å². The van der Waals surface area contributed by atoms with Gasteiger partial charge in [0.05, 0.1) is 16.1 Å². The number of anilines is 1. The van der Waals surface area contributed by atoms with Gasteiger partial charge in [0.25, 0.3) is 15.9 Å². The van der Waals surface area contributed by atoms with E-state index < -0.39 is 10.0 Å². The van der Waals surface area contributed by atoms with Gasteiger partial charge < -0.3 is 5.32 Å². The van der Waals surface area contributed by atoms with Gasteiger partial charge in [-0.15, -0.1) is 0 Å². The molecule has 0 aromatic heterocycles. The molecule has 1 aliphatic rings. The molecular weight excluding hydrogens is 398 g/mol. The highest BCUT2D eigenvalue weighted by Crippen LogP contribution is 2.27. The first-order valence-corrected chi connectivity index (χ1v) is 11.0. The van der Waals surface area contributed by atoms with Gasteiger partial charge in [-0.05, 0) is 63.2 Å². The van der Waals surface area contributed by atoms with E-state index in [0.29, 0.717) is 17.6 Å². The molecule has 1 atom stereocenters. The van der Waals surface area contributed by atoms with Crippen molar-refractivity contribution in [2.24, 2.45) is 0 Å².